The van der Waals surface area contributed by atoms with Crippen LogP contribution in [0, 0.1) is 0 Å². The minimum absolute atomic E-state index is 0.125. The van der Waals surface area contributed by atoms with E-state index in [0.717, 1.165) is 17.8 Å². The van der Waals surface area contributed by atoms with Gasteiger partial charge in [-0.1, -0.05) is 12.1 Å². The first-order valence-electron chi connectivity index (χ1n) is 7.96. The highest BCUT2D eigenvalue weighted by atomic mass is 19.4. The summed E-state index contributed by atoms with van der Waals surface area (Å²) < 4.78 is 37.5. The number of anilines is 3. The Morgan fingerprint density at radius 2 is 1.81 bits per heavy atom. The molecule has 0 atom stereocenters. The molecule has 0 saturated carbocycles. The molecular formula is C17H19F3N6. The Morgan fingerprint density at radius 1 is 1.08 bits per heavy atom. The molecule has 1 aromatic carbocycles. The summed E-state index contributed by atoms with van der Waals surface area (Å²) in [5, 5.41) is 5.86. The fourth-order valence-corrected chi connectivity index (χ4v) is 2.50. The van der Waals surface area contributed by atoms with Crippen LogP contribution in [0.15, 0.2) is 36.5 Å². The zero-order valence-electron chi connectivity index (χ0n) is 14.4. The smallest absolute Gasteiger partial charge is 0.360 e. The van der Waals surface area contributed by atoms with E-state index in [9.17, 15) is 13.2 Å². The Bertz CT molecular complexity index is 870. The molecule has 0 spiro atoms. The normalized spacial score (nSPS) is 11.9. The molecule has 0 unspecified atom stereocenters. The third-order valence-corrected chi connectivity index (χ3v) is 3.58. The van der Waals surface area contributed by atoms with E-state index in [1.165, 1.54) is 0 Å². The lowest BCUT2D eigenvalue weighted by Crippen LogP contribution is -2.22. The van der Waals surface area contributed by atoms with Gasteiger partial charge in [-0.25, -0.2) is 0 Å². The second-order valence-corrected chi connectivity index (χ2v) is 6.16. The van der Waals surface area contributed by atoms with Crippen molar-refractivity contribution in [2.24, 2.45) is 0 Å². The molecule has 0 aliphatic carbocycles. The van der Waals surface area contributed by atoms with Crippen molar-refractivity contribution in [2.75, 3.05) is 31.3 Å². The molecule has 0 fully saturated rings. The van der Waals surface area contributed by atoms with Crippen molar-refractivity contribution in [3.05, 3.63) is 42.1 Å². The summed E-state index contributed by atoms with van der Waals surface area (Å²) in [4.78, 5) is 13.4. The molecule has 0 aliphatic heterocycles. The predicted molar refractivity (Wildman–Crippen MR) is 95.5 cm³/mol. The van der Waals surface area contributed by atoms with Gasteiger partial charge in [0.25, 0.3) is 0 Å². The van der Waals surface area contributed by atoms with Crippen molar-refractivity contribution in [3.8, 4) is 0 Å². The van der Waals surface area contributed by atoms with Crippen LogP contribution in [-0.2, 0) is 6.54 Å². The van der Waals surface area contributed by atoms with Gasteiger partial charge in [-0.3, -0.25) is 0 Å². The van der Waals surface area contributed by atoms with Gasteiger partial charge in [-0.05, 0) is 37.9 Å². The highest BCUT2D eigenvalue weighted by molar-refractivity contribution is 5.88. The Labute approximate surface area is 148 Å². The SMILES string of the molecule is CN(C)Cc1ccc(Nc2nc(NCC(F)(F)F)c3cc[nH]c3n2)cc1. The molecule has 26 heavy (non-hydrogen) atoms. The van der Waals surface area contributed by atoms with E-state index in [1.54, 1.807) is 12.3 Å². The van der Waals surface area contributed by atoms with Gasteiger partial charge in [0.15, 0.2) is 0 Å². The van der Waals surface area contributed by atoms with E-state index in [2.05, 4.69) is 30.5 Å². The maximum atomic E-state index is 12.5. The standard InChI is InChI=1S/C17H19F3N6/c1-26(2)9-11-3-5-12(6-4-11)23-16-24-14-13(7-8-21-14)15(25-16)22-10-17(18,19)20/h3-8H,9-10H2,1-2H3,(H3,21,22,23,24,25). The lowest BCUT2D eigenvalue weighted by molar-refractivity contribution is -0.115. The van der Waals surface area contributed by atoms with Gasteiger partial charge in [0.05, 0.1) is 5.39 Å². The van der Waals surface area contributed by atoms with Crippen LogP contribution in [0.4, 0.5) is 30.6 Å². The van der Waals surface area contributed by atoms with Crippen molar-refractivity contribution in [1.29, 1.82) is 0 Å². The maximum absolute atomic E-state index is 12.5. The fraction of sp³-hybridized carbons (Fsp3) is 0.294. The third-order valence-electron chi connectivity index (χ3n) is 3.58. The molecule has 2 heterocycles. The molecular weight excluding hydrogens is 345 g/mol. The molecule has 0 saturated heterocycles. The number of aromatic amines is 1. The number of hydrogen-bond donors (Lipinski definition) is 3. The summed E-state index contributed by atoms with van der Waals surface area (Å²) in [6.45, 7) is -0.348. The molecule has 3 aromatic rings. The lowest BCUT2D eigenvalue weighted by Gasteiger charge is -2.12. The monoisotopic (exact) mass is 364 g/mol. The number of hydrogen-bond acceptors (Lipinski definition) is 5. The first kappa shape index (κ1) is 18.0. The number of nitrogens with zero attached hydrogens (tertiary/aromatic N) is 3. The number of rotatable bonds is 6. The van der Waals surface area contributed by atoms with Crippen LogP contribution in [0.25, 0.3) is 11.0 Å². The summed E-state index contributed by atoms with van der Waals surface area (Å²) >= 11 is 0. The van der Waals surface area contributed by atoms with E-state index < -0.39 is 12.7 Å². The molecule has 0 radical (unpaired) electrons. The summed E-state index contributed by atoms with van der Waals surface area (Å²) in [6.07, 6.45) is -2.72. The highest BCUT2D eigenvalue weighted by Gasteiger charge is 2.27. The summed E-state index contributed by atoms with van der Waals surface area (Å²) in [5.74, 6) is 0.338. The number of aromatic nitrogens is 3. The van der Waals surface area contributed by atoms with Gasteiger partial charge >= 0.3 is 6.18 Å². The van der Waals surface area contributed by atoms with Crippen LogP contribution < -0.4 is 10.6 Å². The molecule has 138 valence electrons. The molecule has 0 aliphatic rings. The van der Waals surface area contributed by atoms with Gasteiger partial charge in [-0.2, -0.15) is 23.1 Å². The average molecular weight is 364 g/mol. The number of benzene rings is 1. The zero-order chi connectivity index (χ0) is 18.7. The molecule has 9 heteroatoms. The molecule has 3 rings (SSSR count). The predicted octanol–water partition coefficient (Wildman–Crippen LogP) is 3.74. The number of fused-ring (bicyclic) bond motifs is 1. The second-order valence-electron chi connectivity index (χ2n) is 6.16. The van der Waals surface area contributed by atoms with Crippen molar-refractivity contribution in [1.82, 2.24) is 19.9 Å². The van der Waals surface area contributed by atoms with Crippen molar-refractivity contribution < 1.29 is 13.2 Å². The third kappa shape index (κ3) is 4.63. The number of alkyl halides is 3. The fourth-order valence-electron chi connectivity index (χ4n) is 2.50. The molecule has 0 bridgehead atoms. The Hall–Kier alpha value is -2.81. The molecule has 3 N–H and O–H groups in total. The minimum atomic E-state index is -4.33. The highest BCUT2D eigenvalue weighted by Crippen LogP contribution is 2.24. The zero-order valence-corrected chi connectivity index (χ0v) is 14.4. The second kappa shape index (κ2) is 7.20. The minimum Gasteiger partial charge on any atom is -0.360 e. The average Bonchev–Trinajstić information content (AvgIpc) is 3.02. The number of nitrogens with one attached hydrogen (secondary N) is 3. The Morgan fingerprint density at radius 3 is 2.46 bits per heavy atom. The van der Waals surface area contributed by atoms with Gasteiger partial charge in [0.1, 0.15) is 18.0 Å². The van der Waals surface area contributed by atoms with Crippen LogP contribution in [0.5, 0.6) is 0 Å². The van der Waals surface area contributed by atoms with Crippen LogP contribution in [-0.4, -0.2) is 46.7 Å². The number of H-pyrrole nitrogens is 1. The van der Waals surface area contributed by atoms with Crippen molar-refractivity contribution >= 4 is 28.5 Å². The summed E-state index contributed by atoms with van der Waals surface area (Å²) in [7, 11) is 3.97. The summed E-state index contributed by atoms with van der Waals surface area (Å²) in [6, 6.07) is 9.33. The van der Waals surface area contributed by atoms with E-state index in [4.69, 9.17) is 0 Å². The van der Waals surface area contributed by atoms with Crippen LogP contribution in [0.2, 0.25) is 0 Å². The largest absolute Gasteiger partial charge is 0.405 e. The molecule has 2 aromatic heterocycles. The van der Waals surface area contributed by atoms with Crippen molar-refractivity contribution in [3.63, 3.8) is 0 Å². The Balaban J connectivity index is 1.81. The van der Waals surface area contributed by atoms with E-state index in [1.807, 2.05) is 38.4 Å². The number of halogens is 3. The van der Waals surface area contributed by atoms with E-state index >= 15 is 0 Å². The van der Waals surface area contributed by atoms with E-state index in [0.29, 0.717) is 11.0 Å². The maximum Gasteiger partial charge on any atom is 0.405 e. The topological polar surface area (TPSA) is 68.9 Å². The Kier molecular flexibility index (Phi) is 4.99. The first-order chi connectivity index (χ1) is 12.3. The van der Waals surface area contributed by atoms with Gasteiger partial charge in [0.2, 0.25) is 5.95 Å². The van der Waals surface area contributed by atoms with Crippen LogP contribution in [0.1, 0.15) is 5.56 Å². The van der Waals surface area contributed by atoms with Crippen molar-refractivity contribution in [2.45, 2.75) is 12.7 Å². The summed E-state index contributed by atoms with van der Waals surface area (Å²) in [5.41, 5.74) is 2.35. The molecule has 6 nitrogen and oxygen atoms in total. The quantitative estimate of drug-likeness (QED) is 0.622. The van der Waals surface area contributed by atoms with Gasteiger partial charge < -0.3 is 20.5 Å². The van der Waals surface area contributed by atoms with Crippen LogP contribution >= 0.6 is 0 Å². The van der Waals surface area contributed by atoms with Gasteiger partial charge in [0, 0.05) is 18.4 Å². The van der Waals surface area contributed by atoms with E-state index in [-0.39, 0.29) is 11.8 Å². The molecule has 0 amide bonds. The van der Waals surface area contributed by atoms with Gasteiger partial charge in [-0.15, -0.1) is 0 Å². The first-order valence-corrected chi connectivity index (χ1v) is 7.96. The lowest BCUT2D eigenvalue weighted by atomic mass is 10.2. The van der Waals surface area contributed by atoms with Crippen LogP contribution in [0.3, 0.4) is 0 Å².